The van der Waals surface area contributed by atoms with Gasteiger partial charge in [-0.3, -0.25) is 9.69 Å². The third-order valence-electron chi connectivity index (χ3n) is 5.01. The molecule has 0 bridgehead atoms. The molecular weight excluding hydrogens is 254 g/mol. The Balaban J connectivity index is 1.91. The summed E-state index contributed by atoms with van der Waals surface area (Å²) in [7, 11) is 1.73. The van der Waals surface area contributed by atoms with Gasteiger partial charge in [0.2, 0.25) is 5.91 Å². The predicted molar refractivity (Wildman–Crippen MR) is 79.4 cm³/mol. The maximum absolute atomic E-state index is 12.8. The van der Waals surface area contributed by atoms with Gasteiger partial charge in [-0.25, -0.2) is 0 Å². The molecule has 0 spiro atoms. The fourth-order valence-corrected chi connectivity index (χ4v) is 3.44. The van der Waals surface area contributed by atoms with E-state index in [1.807, 2.05) is 4.90 Å². The number of amides is 1. The van der Waals surface area contributed by atoms with Crippen molar-refractivity contribution in [3.63, 3.8) is 0 Å². The van der Waals surface area contributed by atoms with Gasteiger partial charge in [-0.05, 0) is 32.7 Å². The minimum atomic E-state index is -0.332. The molecule has 0 aromatic heterocycles. The van der Waals surface area contributed by atoms with Crippen LogP contribution in [0.25, 0.3) is 0 Å². The lowest BCUT2D eigenvalue weighted by Crippen LogP contribution is -2.50. The third-order valence-corrected chi connectivity index (χ3v) is 5.01. The van der Waals surface area contributed by atoms with Crippen LogP contribution in [0, 0.1) is 5.41 Å². The van der Waals surface area contributed by atoms with E-state index >= 15 is 0 Å². The van der Waals surface area contributed by atoms with E-state index in [0.29, 0.717) is 0 Å². The molecule has 2 unspecified atom stereocenters. The van der Waals surface area contributed by atoms with Crippen LogP contribution in [-0.4, -0.2) is 68.2 Å². The number of nitrogens with two attached hydrogens (primary N) is 1. The second kappa shape index (κ2) is 6.87. The van der Waals surface area contributed by atoms with Crippen LogP contribution in [0.1, 0.15) is 32.6 Å². The lowest BCUT2D eigenvalue weighted by atomic mass is 9.83. The van der Waals surface area contributed by atoms with Gasteiger partial charge in [-0.2, -0.15) is 0 Å². The second-order valence-corrected chi connectivity index (χ2v) is 6.40. The highest BCUT2D eigenvalue weighted by Gasteiger charge is 2.45. The van der Waals surface area contributed by atoms with E-state index in [0.717, 1.165) is 65.0 Å². The van der Waals surface area contributed by atoms with Crippen LogP contribution in [-0.2, 0) is 9.53 Å². The molecule has 0 aromatic carbocycles. The Morgan fingerprint density at radius 1 is 1.30 bits per heavy atom. The summed E-state index contributed by atoms with van der Waals surface area (Å²) in [6.45, 7) is 7.46. The van der Waals surface area contributed by atoms with Crippen LogP contribution >= 0.6 is 0 Å². The number of hydrogen-bond donors (Lipinski definition) is 1. The van der Waals surface area contributed by atoms with E-state index in [2.05, 4.69) is 11.8 Å². The van der Waals surface area contributed by atoms with Gasteiger partial charge < -0.3 is 15.4 Å². The number of nitrogens with zero attached hydrogens (tertiary/aromatic N) is 2. The molecule has 1 saturated carbocycles. The van der Waals surface area contributed by atoms with Gasteiger partial charge >= 0.3 is 0 Å². The van der Waals surface area contributed by atoms with E-state index < -0.39 is 0 Å². The molecule has 2 aliphatic rings. The van der Waals surface area contributed by atoms with E-state index in [4.69, 9.17) is 10.5 Å². The molecule has 1 aliphatic heterocycles. The molecule has 2 rings (SSSR count). The molecular formula is C15H29N3O2. The number of methoxy groups -OCH3 is 1. The molecule has 2 fully saturated rings. The molecule has 1 amide bonds. The minimum absolute atomic E-state index is 0.0304. The van der Waals surface area contributed by atoms with Gasteiger partial charge in [-0.1, -0.05) is 6.42 Å². The van der Waals surface area contributed by atoms with Crippen LogP contribution in [0.3, 0.4) is 0 Å². The summed E-state index contributed by atoms with van der Waals surface area (Å²) in [6, 6.07) is 0.0304. The zero-order valence-corrected chi connectivity index (χ0v) is 12.9. The van der Waals surface area contributed by atoms with Gasteiger partial charge in [0.15, 0.2) is 0 Å². The maximum Gasteiger partial charge on any atom is 0.230 e. The smallest absolute Gasteiger partial charge is 0.230 e. The first-order valence-electron chi connectivity index (χ1n) is 7.84. The standard InChI is InChI=1S/C15H29N3O2/c1-15(6-3-5-13(15)16)14(19)18-8-4-7-17(9-10-18)11-12-20-2/h13H,3-12,16H2,1-2H3. The largest absolute Gasteiger partial charge is 0.383 e. The highest BCUT2D eigenvalue weighted by atomic mass is 16.5. The summed E-state index contributed by atoms with van der Waals surface area (Å²) in [6.07, 6.45) is 4.05. The summed E-state index contributed by atoms with van der Waals surface area (Å²) < 4.78 is 5.13. The number of ether oxygens (including phenoxy) is 1. The van der Waals surface area contributed by atoms with Gasteiger partial charge in [0, 0.05) is 39.3 Å². The Labute approximate surface area is 122 Å². The molecule has 2 N–H and O–H groups in total. The molecule has 1 saturated heterocycles. The zero-order chi connectivity index (χ0) is 14.6. The van der Waals surface area contributed by atoms with Crippen molar-refractivity contribution in [2.45, 2.75) is 38.6 Å². The minimum Gasteiger partial charge on any atom is -0.383 e. The molecule has 5 heteroatoms. The molecule has 1 aliphatic carbocycles. The SMILES string of the molecule is COCCN1CCCN(C(=O)C2(C)CCCC2N)CC1. The fourth-order valence-electron chi connectivity index (χ4n) is 3.44. The van der Waals surface area contributed by atoms with Crippen LogP contribution < -0.4 is 5.73 Å². The summed E-state index contributed by atoms with van der Waals surface area (Å²) in [5.41, 5.74) is 5.85. The Bertz CT molecular complexity index is 337. The van der Waals surface area contributed by atoms with Crippen molar-refractivity contribution in [2.75, 3.05) is 46.4 Å². The predicted octanol–water partition coefficient (Wildman–Crippen LogP) is 0.685. The molecule has 0 radical (unpaired) electrons. The lowest BCUT2D eigenvalue weighted by Gasteiger charge is -2.34. The Hall–Kier alpha value is -0.650. The molecule has 2 atom stereocenters. The fraction of sp³-hybridized carbons (Fsp3) is 0.933. The average Bonchev–Trinajstić information content (AvgIpc) is 2.67. The summed E-state index contributed by atoms with van der Waals surface area (Å²) >= 11 is 0. The van der Waals surface area contributed by atoms with Crippen molar-refractivity contribution in [1.29, 1.82) is 0 Å². The van der Waals surface area contributed by atoms with Gasteiger partial charge in [0.1, 0.15) is 0 Å². The van der Waals surface area contributed by atoms with Gasteiger partial charge in [0.25, 0.3) is 0 Å². The number of hydrogen-bond acceptors (Lipinski definition) is 4. The van der Waals surface area contributed by atoms with Crippen molar-refractivity contribution < 1.29 is 9.53 Å². The van der Waals surface area contributed by atoms with Crippen molar-refractivity contribution in [3.05, 3.63) is 0 Å². The Kier molecular flexibility index (Phi) is 5.41. The normalized spacial score (nSPS) is 32.4. The molecule has 20 heavy (non-hydrogen) atoms. The topological polar surface area (TPSA) is 58.8 Å². The van der Waals surface area contributed by atoms with E-state index in [1.54, 1.807) is 7.11 Å². The number of carbonyl (C=O) groups is 1. The molecule has 1 heterocycles. The quantitative estimate of drug-likeness (QED) is 0.824. The van der Waals surface area contributed by atoms with Gasteiger partial charge in [0.05, 0.1) is 12.0 Å². The lowest BCUT2D eigenvalue weighted by molar-refractivity contribution is -0.141. The van der Waals surface area contributed by atoms with Crippen LogP contribution in [0.15, 0.2) is 0 Å². The van der Waals surface area contributed by atoms with Crippen LogP contribution in [0.5, 0.6) is 0 Å². The molecule has 0 aromatic rings. The first kappa shape index (κ1) is 15.7. The summed E-state index contributed by atoms with van der Waals surface area (Å²) in [5.74, 6) is 0.274. The Morgan fingerprint density at radius 2 is 2.10 bits per heavy atom. The van der Waals surface area contributed by atoms with Crippen molar-refractivity contribution >= 4 is 5.91 Å². The monoisotopic (exact) mass is 283 g/mol. The number of rotatable bonds is 4. The van der Waals surface area contributed by atoms with Crippen molar-refractivity contribution in [3.8, 4) is 0 Å². The average molecular weight is 283 g/mol. The highest BCUT2D eigenvalue weighted by molar-refractivity contribution is 5.83. The van der Waals surface area contributed by atoms with Crippen molar-refractivity contribution in [1.82, 2.24) is 9.80 Å². The summed E-state index contributed by atoms with van der Waals surface area (Å²) in [4.78, 5) is 17.2. The molecule has 116 valence electrons. The second-order valence-electron chi connectivity index (χ2n) is 6.40. The highest BCUT2D eigenvalue weighted by Crippen LogP contribution is 2.38. The van der Waals surface area contributed by atoms with E-state index in [9.17, 15) is 4.79 Å². The Morgan fingerprint density at radius 3 is 2.75 bits per heavy atom. The van der Waals surface area contributed by atoms with Crippen LogP contribution in [0.4, 0.5) is 0 Å². The first-order valence-corrected chi connectivity index (χ1v) is 7.84. The summed E-state index contributed by atoms with van der Waals surface area (Å²) in [5, 5.41) is 0. The molecule has 5 nitrogen and oxygen atoms in total. The zero-order valence-electron chi connectivity index (χ0n) is 12.9. The maximum atomic E-state index is 12.8. The first-order chi connectivity index (χ1) is 9.58. The van der Waals surface area contributed by atoms with Gasteiger partial charge in [-0.15, -0.1) is 0 Å². The van der Waals surface area contributed by atoms with E-state index in [-0.39, 0.29) is 17.4 Å². The van der Waals surface area contributed by atoms with Crippen LogP contribution in [0.2, 0.25) is 0 Å². The number of carbonyl (C=O) groups excluding carboxylic acids is 1. The third kappa shape index (κ3) is 3.32. The van der Waals surface area contributed by atoms with E-state index in [1.165, 1.54) is 0 Å². The van der Waals surface area contributed by atoms with Crippen molar-refractivity contribution in [2.24, 2.45) is 11.1 Å².